The normalized spacial score (nSPS) is 12.6. The molecule has 0 aliphatic carbocycles. The predicted molar refractivity (Wildman–Crippen MR) is 48.3 cm³/mol. The Labute approximate surface area is 80.3 Å². The van der Waals surface area contributed by atoms with Crippen molar-refractivity contribution in [2.45, 2.75) is 0 Å². The van der Waals surface area contributed by atoms with Crippen LogP contribution < -0.4 is 14.8 Å². The molecule has 0 saturated carbocycles. The molecule has 5 nitrogen and oxygen atoms in total. The van der Waals surface area contributed by atoms with Crippen LogP contribution in [0, 0.1) is 0 Å². The van der Waals surface area contributed by atoms with Crippen LogP contribution >= 0.6 is 0 Å². The summed E-state index contributed by atoms with van der Waals surface area (Å²) >= 11 is 0. The zero-order chi connectivity index (χ0) is 9.97. The van der Waals surface area contributed by atoms with E-state index in [0.717, 1.165) is 0 Å². The molecule has 0 spiro atoms. The van der Waals surface area contributed by atoms with Gasteiger partial charge in [0.25, 0.3) is 0 Å². The van der Waals surface area contributed by atoms with Gasteiger partial charge in [-0.05, 0) is 12.1 Å². The summed E-state index contributed by atoms with van der Waals surface area (Å²) in [6, 6.07) is 5.03. The van der Waals surface area contributed by atoms with Gasteiger partial charge in [0.15, 0.2) is 11.5 Å². The van der Waals surface area contributed by atoms with E-state index in [1.165, 1.54) is 0 Å². The largest absolute Gasteiger partial charge is 0.454 e. The number of carbonyl (C=O) groups excluding carboxylic acids is 1. The van der Waals surface area contributed by atoms with Gasteiger partial charge >= 0.3 is 0 Å². The minimum absolute atomic E-state index is 0.201. The smallest absolute Gasteiger partial charge is 0.250 e. The first kappa shape index (κ1) is 8.83. The van der Waals surface area contributed by atoms with E-state index in [2.05, 4.69) is 5.32 Å². The van der Waals surface area contributed by atoms with Crippen LogP contribution in [-0.2, 0) is 4.79 Å². The van der Waals surface area contributed by atoms with Gasteiger partial charge in [0.2, 0.25) is 12.7 Å². The fourth-order valence-corrected chi connectivity index (χ4v) is 1.17. The summed E-state index contributed by atoms with van der Waals surface area (Å²) in [5, 5.41) is 11.0. The molecule has 74 valence electrons. The molecule has 1 aromatic carbocycles. The van der Waals surface area contributed by atoms with Crippen LogP contribution in [0.5, 0.6) is 11.5 Å². The number of rotatable bonds is 2. The molecule has 1 amide bonds. The Hall–Kier alpha value is -1.75. The molecule has 0 unspecified atom stereocenters. The summed E-state index contributed by atoms with van der Waals surface area (Å²) in [5.74, 6) is 0.802. The van der Waals surface area contributed by atoms with Crippen molar-refractivity contribution in [1.29, 1.82) is 0 Å². The highest BCUT2D eigenvalue weighted by Crippen LogP contribution is 2.34. The van der Waals surface area contributed by atoms with Crippen LogP contribution in [0.25, 0.3) is 0 Å². The zero-order valence-corrected chi connectivity index (χ0v) is 7.32. The average Bonchev–Trinajstić information content (AvgIpc) is 2.64. The molecule has 0 atom stereocenters. The van der Waals surface area contributed by atoms with Crippen LogP contribution in [0.1, 0.15) is 0 Å². The van der Waals surface area contributed by atoms with E-state index in [9.17, 15) is 4.79 Å². The minimum Gasteiger partial charge on any atom is -0.454 e. The summed E-state index contributed by atoms with van der Waals surface area (Å²) in [7, 11) is 0. The monoisotopic (exact) mass is 195 g/mol. The number of aliphatic hydroxyl groups is 1. The first-order valence-electron chi connectivity index (χ1n) is 4.10. The second-order valence-electron chi connectivity index (χ2n) is 2.77. The van der Waals surface area contributed by atoms with Gasteiger partial charge in [-0.3, -0.25) is 4.79 Å². The number of nitrogens with one attached hydrogen (secondary N) is 1. The van der Waals surface area contributed by atoms with Crippen molar-refractivity contribution in [3.05, 3.63) is 18.2 Å². The summed E-state index contributed by atoms with van der Waals surface area (Å²) in [5.41, 5.74) is 0.577. The van der Waals surface area contributed by atoms with E-state index in [0.29, 0.717) is 17.2 Å². The van der Waals surface area contributed by atoms with Crippen molar-refractivity contribution in [3.63, 3.8) is 0 Å². The van der Waals surface area contributed by atoms with Gasteiger partial charge in [-0.1, -0.05) is 0 Å². The molecule has 2 rings (SSSR count). The Kier molecular flexibility index (Phi) is 2.24. The van der Waals surface area contributed by atoms with E-state index >= 15 is 0 Å². The molecular formula is C9H9NO4. The second-order valence-corrected chi connectivity index (χ2v) is 2.77. The van der Waals surface area contributed by atoms with E-state index in [4.69, 9.17) is 14.6 Å². The number of ether oxygens (including phenoxy) is 2. The summed E-state index contributed by atoms with van der Waals surface area (Å²) in [6.07, 6.45) is 0. The highest BCUT2D eigenvalue weighted by Gasteiger charge is 2.13. The number of amides is 1. The van der Waals surface area contributed by atoms with Crippen LogP contribution in [0.15, 0.2) is 18.2 Å². The van der Waals surface area contributed by atoms with Gasteiger partial charge in [0.05, 0.1) is 0 Å². The van der Waals surface area contributed by atoms with Crippen molar-refractivity contribution >= 4 is 11.6 Å². The molecule has 0 fully saturated rings. The van der Waals surface area contributed by atoms with Gasteiger partial charge in [-0.2, -0.15) is 0 Å². The standard InChI is InChI=1S/C9H9NO4/c11-4-9(12)10-6-1-2-7-8(3-6)14-5-13-7/h1-3,11H,4-5H2,(H,10,12). The van der Waals surface area contributed by atoms with Crippen molar-refractivity contribution in [2.24, 2.45) is 0 Å². The maximum atomic E-state index is 10.8. The molecule has 0 radical (unpaired) electrons. The summed E-state index contributed by atoms with van der Waals surface area (Å²) in [6.45, 7) is -0.332. The van der Waals surface area contributed by atoms with E-state index in [1.807, 2.05) is 0 Å². The number of aliphatic hydroxyl groups excluding tert-OH is 1. The minimum atomic E-state index is -0.533. The molecule has 0 saturated heterocycles. The maximum absolute atomic E-state index is 10.8. The van der Waals surface area contributed by atoms with Crippen molar-refractivity contribution < 1.29 is 19.4 Å². The third kappa shape index (κ3) is 1.62. The Balaban J connectivity index is 2.16. The zero-order valence-electron chi connectivity index (χ0n) is 7.32. The second kappa shape index (κ2) is 3.55. The number of benzene rings is 1. The molecular weight excluding hydrogens is 186 g/mol. The predicted octanol–water partition coefficient (Wildman–Crippen LogP) is 0.346. The number of carbonyl (C=O) groups is 1. The Morgan fingerprint density at radius 3 is 3.00 bits per heavy atom. The summed E-state index contributed by atoms with van der Waals surface area (Å²) in [4.78, 5) is 10.8. The SMILES string of the molecule is O=C(CO)Nc1ccc2c(c1)OCO2. The Morgan fingerprint density at radius 2 is 2.21 bits per heavy atom. The van der Waals surface area contributed by atoms with Gasteiger partial charge in [-0.25, -0.2) is 0 Å². The number of anilines is 1. The van der Waals surface area contributed by atoms with E-state index in [-0.39, 0.29) is 6.79 Å². The first-order valence-corrected chi connectivity index (χ1v) is 4.10. The number of hydrogen-bond acceptors (Lipinski definition) is 4. The Bertz CT molecular complexity index is 364. The third-order valence-corrected chi connectivity index (χ3v) is 1.80. The number of hydrogen-bond donors (Lipinski definition) is 2. The molecule has 1 aromatic rings. The van der Waals surface area contributed by atoms with Gasteiger partial charge < -0.3 is 19.9 Å². The Morgan fingerprint density at radius 1 is 1.43 bits per heavy atom. The molecule has 1 aliphatic heterocycles. The van der Waals surface area contributed by atoms with Crippen LogP contribution in [-0.4, -0.2) is 24.4 Å². The fourth-order valence-electron chi connectivity index (χ4n) is 1.17. The van der Waals surface area contributed by atoms with Crippen molar-refractivity contribution in [2.75, 3.05) is 18.7 Å². The molecule has 1 aliphatic rings. The van der Waals surface area contributed by atoms with Crippen molar-refractivity contribution in [3.8, 4) is 11.5 Å². The lowest BCUT2D eigenvalue weighted by molar-refractivity contribution is -0.118. The molecule has 1 heterocycles. The number of fused-ring (bicyclic) bond motifs is 1. The fraction of sp³-hybridized carbons (Fsp3) is 0.222. The van der Waals surface area contributed by atoms with Crippen LogP contribution in [0.4, 0.5) is 5.69 Å². The molecule has 0 aromatic heterocycles. The molecule has 0 bridgehead atoms. The third-order valence-electron chi connectivity index (χ3n) is 1.80. The van der Waals surface area contributed by atoms with Crippen molar-refractivity contribution in [1.82, 2.24) is 0 Å². The molecule has 5 heteroatoms. The molecule has 2 N–H and O–H groups in total. The van der Waals surface area contributed by atoms with Gasteiger partial charge in [0, 0.05) is 11.8 Å². The topological polar surface area (TPSA) is 67.8 Å². The first-order chi connectivity index (χ1) is 6.79. The highest BCUT2D eigenvalue weighted by atomic mass is 16.7. The van der Waals surface area contributed by atoms with Crippen LogP contribution in [0.2, 0.25) is 0 Å². The summed E-state index contributed by atoms with van der Waals surface area (Å²) < 4.78 is 10.2. The van der Waals surface area contributed by atoms with Gasteiger partial charge in [-0.15, -0.1) is 0 Å². The lowest BCUT2D eigenvalue weighted by Gasteiger charge is -2.03. The van der Waals surface area contributed by atoms with Gasteiger partial charge in [0.1, 0.15) is 6.61 Å². The average molecular weight is 195 g/mol. The van der Waals surface area contributed by atoms with Crippen LogP contribution in [0.3, 0.4) is 0 Å². The highest BCUT2D eigenvalue weighted by molar-refractivity contribution is 5.91. The quantitative estimate of drug-likeness (QED) is 0.714. The lowest BCUT2D eigenvalue weighted by atomic mass is 10.3. The molecule has 14 heavy (non-hydrogen) atoms. The lowest BCUT2D eigenvalue weighted by Crippen LogP contribution is -2.15. The maximum Gasteiger partial charge on any atom is 0.250 e. The van der Waals surface area contributed by atoms with E-state index < -0.39 is 12.5 Å². The van der Waals surface area contributed by atoms with E-state index in [1.54, 1.807) is 18.2 Å².